The van der Waals surface area contributed by atoms with Crippen LogP contribution in [0.1, 0.15) is 46.0 Å². The van der Waals surface area contributed by atoms with Crippen LogP contribution in [0.4, 0.5) is 0 Å². The second-order valence-electron chi connectivity index (χ2n) is 4.46. The summed E-state index contributed by atoms with van der Waals surface area (Å²) < 4.78 is 0. The van der Waals surface area contributed by atoms with E-state index in [0.29, 0.717) is 5.92 Å². The Morgan fingerprint density at radius 3 is 2.36 bits per heavy atom. The van der Waals surface area contributed by atoms with Crippen molar-refractivity contribution >= 4 is 17.5 Å². The van der Waals surface area contributed by atoms with E-state index in [4.69, 9.17) is 11.6 Å². The molecule has 1 rings (SSSR count). The van der Waals surface area contributed by atoms with Crippen LogP contribution in [0.3, 0.4) is 0 Å². The normalized spacial score (nSPS) is 20.9. The van der Waals surface area contributed by atoms with Crippen LogP contribution >= 0.6 is 11.6 Å². The lowest BCUT2D eigenvalue weighted by molar-refractivity contribution is -0.122. The van der Waals surface area contributed by atoms with Gasteiger partial charge in [0, 0.05) is 6.04 Å². The molecular weight excluding hydrogens is 198 g/mol. The van der Waals surface area contributed by atoms with Crippen LogP contribution in [0.15, 0.2) is 0 Å². The van der Waals surface area contributed by atoms with Gasteiger partial charge in [-0.2, -0.15) is 0 Å². The Hall–Kier alpha value is -0.240. The molecule has 3 heteroatoms. The molecule has 0 aromatic carbocycles. The molecule has 1 fully saturated rings. The number of hydrogen-bond donors (Lipinski definition) is 1. The van der Waals surface area contributed by atoms with E-state index in [-0.39, 0.29) is 17.3 Å². The highest BCUT2D eigenvalue weighted by Gasteiger charge is 2.27. The molecule has 0 bridgehead atoms. The zero-order valence-corrected chi connectivity index (χ0v) is 9.81. The summed E-state index contributed by atoms with van der Waals surface area (Å²) in [6, 6.07) is 0.187. The van der Waals surface area contributed by atoms with Crippen molar-refractivity contribution in [2.75, 3.05) is 0 Å². The van der Waals surface area contributed by atoms with E-state index in [1.165, 1.54) is 19.3 Å². The maximum atomic E-state index is 11.6. The molecule has 1 amide bonds. The summed E-state index contributed by atoms with van der Waals surface area (Å²) in [5.74, 6) is 0.401. The standard InChI is InChI=1S/C11H20ClNO/c1-8(2)13-11(14)10(12)9-6-4-3-5-7-9/h8-10H,3-7H2,1-2H3,(H,13,14). The number of nitrogens with one attached hydrogen (secondary N) is 1. The van der Waals surface area contributed by atoms with Gasteiger partial charge in [-0.25, -0.2) is 0 Å². The van der Waals surface area contributed by atoms with Crippen molar-refractivity contribution in [2.45, 2.75) is 57.4 Å². The number of alkyl halides is 1. The summed E-state index contributed by atoms with van der Waals surface area (Å²) in [5.41, 5.74) is 0. The van der Waals surface area contributed by atoms with Crippen molar-refractivity contribution in [3.63, 3.8) is 0 Å². The molecule has 82 valence electrons. The van der Waals surface area contributed by atoms with Gasteiger partial charge in [-0.1, -0.05) is 19.3 Å². The quantitative estimate of drug-likeness (QED) is 0.724. The molecule has 0 aromatic rings. The van der Waals surface area contributed by atoms with E-state index >= 15 is 0 Å². The molecule has 0 aliphatic heterocycles. The van der Waals surface area contributed by atoms with Gasteiger partial charge in [0.25, 0.3) is 0 Å². The van der Waals surface area contributed by atoms with Gasteiger partial charge in [-0.3, -0.25) is 4.79 Å². The third-order valence-corrected chi connectivity index (χ3v) is 3.30. The van der Waals surface area contributed by atoms with E-state index in [2.05, 4.69) is 5.32 Å². The first kappa shape index (κ1) is 11.8. The van der Waals surface area contributed by atoms with Gasteiger partial charge in [0.2, 0.25) is 5.91 Å². The monoisotopic (exact) mass is 217 g/mol. The Labute approximate surface area is 91.4 Å². The minimum absolute atomic E-state index is 0.00793. The van der Waals surface area contributed by atoms with Gasteiger partial charge in [0.05, 0.1) is 0 Å². The first-order valence-corrected chi connectivity index (χ1v) is 5.99. The highest BCUT2D eigenvalue weighted by atomic mass is 35.5. The van der Waals surface area contributed by atoms with Crippen LogP contribution in [-0.2, 0) is 4.79 Å². The fraction of sp³-hybridized carbons (Fsp3) is 0.909. The smallest absolute Gasteiger partial charge is 0.238 e. The Morgan fingerprint density at radius 2 is 1.86 bits per heavy atom. The average Bonchev–Trinajstić information content (AvgIpc) is 2.17. The Kier molecular flexibility index (Phi) is 4.73. The molecule has 0 heterocycles. The number of carbonyl (C=O) groups is 1. The fourth-order valence-electron chi connectivity index (χ4n) is 2.01. The summed E-state index contributed by atoms with van der Waals surface area (Å²) in [6.07, 6.45) is 5.97. The van der Waals surface area contributed by atoms with Gasteiger partial charge in [0.1, 0.15) is 5.38 Å². The summed E-state index contributed by atoms with van der Waals surface area (Å²) in [5, 5.41) is 2.55. The molecular formula is C11H20ClNO. The van der Waals surface area contributed by atoms with Gasteiger partial charge >= 0.3 is 0 Å². The van der Waals surface area contributed by atoms with E-state index < -0.39 is 0 Å². The SMILES string of the molecule is CC(C)NC(=O)C(Cl)C1CCCCC1. The molecule has 0 radical (unpaired) electrons. The summed E-state index contributed by atoms with van der Waals surface area (Å²) in [6.45, 7) is 3.92. The third-order valence-electron chi connectivity index (χ3n) is 2.75. The maximum absolute atomic E-state index is 11.6. The predicted octanol–water partition coefficient (Wildman–Crippen LogP) is 2.70. The van der Waals surface area contributed by atoms with Gasteiger partial charge in [-0.15, -0.1) is 11.6 Å². The second-order valence-corrected chi connectivity index (χ2v) is 4.93. The molecule has 14 heavy (non-hydrogen) atoms. The second kappa shape index (κ2) is 5.59. The zero-order valence-electron chi connectivity index (χ0n) is 9.05. The van der Waals surface area contributed by atoms with Gasteiger partial charge in [-0.05, 0) is 32.6 Å². The van der Waals surface area contributed by atoms with Crippen LogP contribution in [0.2, 0.25) is 0 Å². The largest absolute Gasteiger partial charge is 0.353 e. The third kappa shape index (κ3) is 3.49. The first-order chi connectivity index (χ1) is 6.61. The highest BCUT2D eigenvalue weighted by molar-refractivity contribution is 6.31. The van der Waals surface area contributed by atoms with E-state index in [1.54, 1.807) is 0 Å². The molecule has 0 saturated heterocycles. The van der Waals surface area contributed by atoms with Crippen molar-refractivity contribution in [3.8, 4) is 0 Å². The molecule has 1 aliphatic rings. The van der Waals surface area contributed by atoms with Crippen molar-refractivity contribution in [1.29, 1.82) is 0 Å². The fourth-order valence-corrected chi connectivity index (χ4v) is 2.32. The molecule has 1 unspecified atom stereocenters. The lowest BCUT2D eigenvalue weighted by atomic mass is 9.86. The van der Waals surface area contributed by atoms with Crippen LogP contribution in [-0.4, -0.2) is 17.3 Å². The predicted molar refractivity (Wildman–Crippen MR) is 59.5 cm³/mol. The Morgan fingerprint density at radius 1 is 1.29 bits per heavy atom. The maximum Gasteiger partial charge on any atom is 0.238 e. The first-order valence-electron chi connectivity index (χ1n) is 5.55. The Bertz CT molecular complexity index is 188. The van der Waals surface area contributed by atoms with Gasteiger partial charge in [0.15, 0.2) is 0 Å². The molecule has 1 atom stereocenters. The highest BCUT2D eigenvalue weighted by Crippen LogP contribution is 2.29. The molecule has 2 nitrogen and oxygen atoms in total. The van der Waals surface area contributed by atoms with Crippen LogP contribution < -0.4 is 5.32 Å². The molecule has 0 spiro atoms. The van der Waals surface area contributed by atoms with E-state index in [0.717, 1.165) is 12.8 Å². The van der Waals surface area contributed by atoms with Crippen LogP contribution in [0, 0.1) is 5.92 Å². The summed E-state index contributed by atoms with van der Waals surface area (Å²) in [7, 11) is 0. The summed E-state index contributed by atoms with van der Waals surface area (Å²) in [4.78, 5) is 11.6. The Balaban J connectivity index is 2.38. The van der Waals surface area contributed by atoms with E-state index in [9.17, 15) is 4.79 Å². The average molecular weight is 218 g/mol. The topological polar surface area (TPSA) is 29.1 Å². The lowest BCUT2D eigenvalue weighted by Crippen LogP contribution is -2.40. The summed E-state index contributed by atoms with van der Waals surface area (Å²) >= 11 is 6.14. The molecule has 1 saturated carbocycles. The lowest BCUT2D eigenvalue weighted by Gasteiger charge is -2.25. The number of carbonyl (C=O) groups excluding carboxylic acids is 1. The number of hydrogen-bond acceptors (Lipinski definition) is 1. The number of amides is 1. The van der Waals surface area contributed by atoms with Crippen molar-refractivity contribution < 1.29 is 4.79 Å². The molecule has 1 N–H and O–H groups in total. The van der Waals surface area contributed by atoms with Crippen molar-refractivity contribution in [2.24, 2.45) is 5.92 Å². The number of halogens is 1. The van der Waals surface area contributed by atoms with E-state index in [1.807, 2.05) is 13.8 Å². The van der Waals surface area contributed by atoms with Gasteiger partial charge < -0.3 is 5.32 Å². The van der Waals surface area contributed by atoms with Crippen molar-refractivity contribution in [3.05, 3.63) is 0 Å². The minimum Gasteiger partial charge on any atom is -0.353 e. The molecule has 1 aliphatic carbocycles. The number of rotatable bonds is 3. The zero-order chi connectivity index (χ0) is 10.6. The van der Waals surface area contributed by atoms with Crippen LogP contribution in [0.25, 0.3) is 0 Å². The van der Waals surface area contributed by atoms with Crippen molar-refractivity contribution in [1.82, 2.24) is 5.32 Å². The molecule has 0 aromatic heterocycles. The van der Waals surface area contributed by atoms with Crippen LogP contribution in [0.5, 0.6) is 0 Å². The minimum atomic E-state index is -0.322.